The van der Waals surface area contributed by atoms with Gasteiger partial charge in [-0.05, 0) is 18.6 Å². The van der Waals surface area contributed by atoms with Crippen molar-refractivity contribution in [3.63, 3.8) is 0 Å². The summed E-state index contributed by atoms with van der Waals surface area (Å²) < 4.78 is 0. The van der Waals surface area contributed by atoms with Crippen molar-refractivity contribution in [2.45, 2.75) is 12.5 Å². The van der Waals surface area contributed by atoms with Gasteiger partial charge in [0, 0.05) is 5.56 Å². The second kappa shape index (κ2) is 3.81. The van der Waals surface area contributed by atoms with Crippen molar-refractivity contribution < 1.29 is 24.6 Å². The molecule has 1 aromatic carbocycles. The molecule has 1 fully saturated rings. The maximum Gasteiger partial charge on any atom is 0.328 e. The van der Waals surface area contributed by atoms with Crippen LogP contribution in [0.5, 0.6) is 5.75 Å². The summed E-state index contributed by atoms with van der Waals surface area (Å²) in [5.41, 5.74) is -2.21. The first kappa shape index (κ1) is 12.1. The minimum absolute atomic E-state index is 0.282. The van der Waals surface area contributed by atoms with E-state index in [1.165, 1.54) is 18.2 Å². The highest BCUT2D eigenvalue weighted by atomic mass is 16.3. The minimum atomic E-state index is -2.62. The Bertz CT molecular complexity index is 547. The molecule has 0 unspecified atom stereocenters. The van der Waals surface area contributed by atoms with Crippen LogP contribution in [0.1, 0.15) is 11.1 Å². The molecule has 1 aromatic rings. The number of hydrogen-bond acceptors (Lipinski definition) is 5. The van der Waals surface area contributed by atoms with Crippen LogP contribution in [-0.4, -0.2) is 28.1 Å². The molecule has 1 aliphatic heterocycles. The van der Waals surface area contributed by atoms with Crippen molar-refractivity contribution in [2.24, 2.45) is 0 Å². The zero-order valence-electron chi connectivity index (χ0n) is 9.35. The standard InChI is InChI=1S/C11H10N2O5/c1-5-2-3-6(7(14)4-5)11(18)8(15)12-10(17)13-9(11)16/h2-4,14,18H,1H3,(H2,12,13,15,16,17). The van der Waals surface area contributed by atoms with E-state index in [4.69, 9.17) is 0 Å². The molecule has 0 spiro atoms. The van der Waals surface area contributed by atoms with Crippen LogP contribution in [0.3, 0.4) is 0 Å². The largest absolute Gasteiger partial charge is 0.508 e. The van der Waals surface area contributed by atoms with Crippen LogP contribution in [0.15, 0.2) is 18.2 Å². The third-order valence-corrected chi connectivity index (χ3v) is 2.65. The van der Waals surface area contributed by atoms with E-state index in [1.54, 1.807) is 17.6 Å². The summed E-state index contributed by atoms with van der Waals surface area (Å²) in [6, 6.07) is 3.05. The Morgan fingerprint density at radius 2 is 1.67 bits per heavy atom. The van der Waals surface area contributed by atoms with Crippen molar-refractivity contribution >= 4 is 17.8 Å². The molecule has 0 aromatic heterocycles. The summed E-state index contributed by atoms with van der Waals surface area (Å²) in [5.74, 6) is -2.80. The number of barbiturate groups is 1. The predicted octanol–water partition coefficient (Wildman–Crippen LogP) is -0.746. The topological polar surface area (TPSA) is 116 Å². The zero-order valence-corrected chi connectivity index (χ0v) is 9.35. The van der Waals surface area contributed by atoms with Gasteiger partial charge in [0.15, 0.2) is 0 Å². The summed E-state index contributed by atoms with van der Waals surface area (Å²) in [5, 5.41) is 23.4. The first-order valence-electron chi connectivity index (χ1n) is 5.05. The second-order valence-corrected chi connectivity index (χ2v) is 3.97. The number of rotatable bonds is 1. The van der Waals surface area contributed by atoms with Crippen molar-refractivity contribution in [2.75, 3.05) is 0 Å². The van der Waals surface area contributed by atoms with Gasteiger partial charge in [0.1, 0.15) is 5.75 Å². The number of nitrogens with one attached hydrogen (secondary N) is 2. The van der Waals surface area contributed by atoms with E-state index in [-0.39, 0.29) is 5.56 Å². The van der Waals surface area contributed by atoms with E-state index in [2.05, 4.69) is 0 Å². The molecule has 0 saturated carbocycles. The van der Waals surface area contributed by atoms with Crippen LogP contribution in [-0.2, 0) is 15.2 Å². The average Bonchev–Trinajstić information content (AvgIpc) is 2.25. The number of phenolic OH excluding ortho intramolecular Hbond substituents is 1. The molecule has 7 nitrogen and oxygen atoms in total. The number of aryl methyl sites for hydroxylation is 1. The quantitative estimate of drug-likeness (QED) is 0.490. The molecule has 0 bridgehead atoms. The van der Waals surface area contributed by atoms with Crippen LogP contribution >= 0.6 is 0 Å². The molecule has 4 amide bonds. The molecule has 18 heavy (non-hydrogen) atoms. The number of aliphatic hydroxyl groups is 1. The lowest BCUT2D eigenvalue weighted by Gasteiger charge is -2.29. The Morgan fingerprint density at radius 3 is 2.17 bits per heavy atom. The molecule has 0 atom stereocenters. The Balaban J connectivity index is 2.56. The van der Waals surface area contributed by atoms with E-state index >= 15 is 0 Å². The van der Waals surface area contributed by atoms with Crippen LogP contribution in [0.25, 0.3) is 0 Å². The maximum atomic E-state index is 11.6. The van der Waals surface area contributed by atoms with Gasteiger partial charge in [-0.1, -0.05) is 12.1 Å². The van der Waals surface area contributed by atoms with Gasteiger partial charge in [0.2, 0.25) is 0 Å². The number of carbonyl (C=O) groups is 3. The fourth-order valence-electron chi connectivity index (χ4n) is 1.71. The van der Waals surface area contributed by atoms with E-state index in [0.29, 0.717) is 5.56 Å². The van der Waals surface area contributed by atoms with Crippen LogP contribution < -0.4 is 10.6 Å². The van der Waals surface area contributed by atoms with Crippen LogP contribution in [0.2, 0.25) is 0 Å². The molecule has 1 aliphatic rings. The Morgan fingerprint density at radius 1 is 1.11 bits per heavy atom. The summed E-state index contributed by atoms with van der Waals surface area (Å²) in [6.45, 7) is 1.69. The van der Waals surface area contributed by atoms with Gasteiger partial charge in [-0.15, -0.1) is 0 Å². The molecular weight excluding hydrogens is 240 g/mol. The molecule has 0 radical (unpaired) electrons. The van der Waals surface area contributed by atoms with Gasteiger partial charge >= 0.3 is 6.03 Å². The molecule has 94 valence electrons. The monoisotopic (exact) mass is 250 g/mol. The molecule has 7 heteroatoms. The van der Waals surface area contributed by atoms with Gasteiger partial charge in [0.05, 0.1) is 0 Å². The summed E-state index contributed by atoms with van der Waals surface area (Å²) in [4.78, 5) is 34.1. The van der Waals surface area contributed by atoms with E-state index in [1.807, 2.05) is 0 Å². The normalized spacial score (nSPS) is 18.2. The average molecular weight is 250 g/mol. The number of imide groups is 2. The molecule has 1 heterocycles. The fourth-order valence-corrected chi connectivity index (χ4v) is 1.71. The van der Waals surface area contributed by atoms with Gasteiger partial charge < -0.3 is 10.2 Å². The number of carbonyl (C=O) groups excluding carboxylic acids is 3. The maximum absolute atomic E-state index is 11.6. The smallest absolute Gasteiger partial charge is 0.328 e. The lowest BCUT2D eigenvalue weighted by atomic mass is 9.89. The van der Waals surface area contributed by atoms with Crippen molar-refractivity contribution in [3.8, 4) is 5.75 Å². The highest BCUT2D eigenvalue weighted by Gasteiger charge is 2.51. The summed E-state index contributed by atoms with van der Waals surface area (Å²) >= 11 is 0. The predicted molar refractivity (Wildman–Crippen MR) is 58.4 cm³/mol. The van der Waals surface area contributed by atoms with E-state index in [9.17, 15) is 24.6 Å². The third kappa shape index (κ3) is 1.61. The van der Waals surface area contributed by atoms with E-state index < -0.39 is 29.2 Å². The Labute approximate surface area is 101 Å². The van der Waals surface area contributed by atoms with Gasteiger partial charge in [-0.3, -0.25) is 20.2 Å². The van der Waals surface area contributed by atoms with Crippen molar-refractivity contribution in [1.82, 2.24) is 10.6 Å². The molecular formula is C11H10N2O5. The number of benzene rings is 1. The van der Waals surface area contributed by atoms with Crippen molar-refractivity contribution in [3.05, 3.63) is 29.3 Å². The highest BCUT2D eigenvalue weighted by molar-refractivity contribution is 6.21. The molecule has 1 saturated heterocycles. The lowest BCUT2D eigenvalue weighted by Crippen LogP contribution is -2.64. The molecule has 4 N–H and O–H groups in total. The summed E-state index contributed by atoms with van der Waals surface area (Å²) in [6.07, 6.45) is 0. The number of phenols is 1. The van der Waals surface area contributed by atoms with Crippen molar-refractivity contribution in [1.29, 1.82) is 0 Å². The van der Waals surface area contributed by atoms with E-state index in [0.717, 1.165) is 0 Å². The van der Waals surface area contributed by atoms with Gasteiger partial charge in [-0.25, -0.2) is 4.79 Å². The highest BCUT2D eigenvalue weighted by Crippen LogP contribution is 2.31. The SMILES string of the molecule is Cc1ccc(C2(O)C(=O)NC(=O)NC2=O)c(O)c1. The fraction of sp³-hybridized carbons (Fsp3) is 0.182. The zero-order chi connectivity index (χ0) is 13.5. The van der Waals surface area contributed by atoms with Crippen LogP contribution in [0.4, 0.5) is 4.79 Å². The van der Waals surface area contributed by atoms with Gasteiger partial charge in [-0.2, -0.15) is 0 Å². The first-order valence-corrected chi connectivity index (χ1v) is 5.05. The molecule has 2 rings (SSSR count). The Kier molecular flexibility index (Phi) is 2.55. The lowest BCUT2D eigenvalue weighted by molar-refractivity contribution is -0.155. The third-order valence-electron chi connectivity index (χ3n) is 2.65. The van der Waals surface area contributed by atoms with Crippen LogP contribution in [0, 0.1) is 6.92 Å². The number of urea groups is 1. The first-order chi connectivity index (χ1) is 8.35. The number of amides is 4. The summed E-state index contributed by atoms with van der Waals surface area (Å²) in [7, 11) is 0. The minimum Gasteiger partial charge on any atom is -0.508 e. The van der Waals surface area contributed by atoms with Gasteiger partial charge in [0.25, 0.3) is 17.4 Å². The second-order valence-electron chi connectivity index (χ2n) is 3.97. The Hall–Kier alpha value is -2.41. The number of hydrogen-bond donors (Lipinski definition) is 4. The number of aromatic hydroxyl groups is 1. The molecule has 0 aliphatic carbocycles.